The molecule has 0 aromatic heterocycles. The van der Waals surface area contributed by atoms with Crippen molar-refractivity contribution in [1.29, 1.82) is 0 Å². The molecule has 7 atom stereocenters. The highest BCUT2D eigenvalue weighted by atomic mass is 16.6. The lowest BCUT2D eigenvalue weighted by Gasteiger charge is -2.37. The van der Waals surface area contributed by atoms with E-state index in [0.717, 1.165) is 12.8 Å². The number of fused-ring (bicyclic) bond motifs is 1. The Hall–Kier alpha value is -4.52. The molecule has 0 unspecified atom stereocenters. The molecule has 286 valence electrons. The minimum atomic E-state index is -1.24. The predicted molar refractivity (Wildman–Crippen MR) is 199 cm³/mol. The van der Waals surface area contributed by atoms with Crippen LogP contribution in [0, 0.1) is 11.8 Å². The van der Waals surface area contributed by atoms with Gasteiger partial charge in [0.1, 0.15) is 23.5 Å². The van der Waals surface area contributed by atoms with Gasteiger partial charge in [0, 0.05) is 38.9 Å². The number of likely N-dealkylation sites (tertiary alicyclic amines) is 1. The van der Waals surface area contributed by atoms with E-state index in [-0.39, 0.29) is 43.9 Å². The fourth-order valence-electron chi connectivity index (χ4n) is 8.18. The molecule has 3 saturated heterocycles. The zero-order chi connectivity index (χ0) is 38.0. The number of anilines is 1. The van der Waals surface area contributed by atoms with Crippen LogP contribution in [0.1, 0.15) is 63.0 Å². The fourth-order valence-corrected chi connectivity index (χ4v) is 8.18. The molecule has 1 spiro atoms. The molecule has 3 fully saturated rings. The number of carbonyl (C=O) groups excluding carboxylic acids is 4. The number of ether oxygens (including phenoxy) is 4. The van der Waals surface area contributed by atoms with Crippen LogP contribution in [0.2, 0.25) is 0 Å². The first-order chi connectivity index (χ1) is 25.7. The van der Waals surface area contributed by atoms with Crippen molar-refractivity contribution in [3.05, 3.63) is 85.5 Å². The number of carbonyl (C=O) groups is 4. The maximum atomic E-state index is 14.8. The first-order valence-electron chi connectivity index (χ1n) is 18.5. The standard InChI is InChI=1S/C41H53N3O9/c1-5-7-17-33(46)42-31(27-50-3)36(28-15-11-10-12-16-28)52-40(49)34-32-22-23-41(53-32)35(34)38(47)44(25-13-8-9-14-26-45)37(41)39(48)43(24-6-2)29-18-20-30(51-4)21-19-29/h5-6,10-12,15-16,18-21,31-32,34-37,45H,1-2,7-9,13-14,17,22-27H2,3-4H3,(H,42,46)/t31-,32+,34-,35-,36-,37+,41-/m1/s1. The van der Waals surface area contributed by atoms with Crippen molar-refractivity contribution in [2.45, 2.75) is 81.3 Å². The molecule has 3 aliphatic rings. The molecule has 53 heavy (non-hydrogen) atoms. The summed E-state index contributed by atoms with van der Waals surface area (Å²) in [7, 11) is 3.08. The fraction of sp³-hybridized carbons (Fsp3) is 0.512. The number of methoxy groups -OCH3 is 2. The summed E-state index contributed by atoms with van der Waals surface area (Å²) in [6.07, 6.45) is 6.11. The summed E-state index contributed by atoms with van der Waals surface area (Å²) in [6, 6.07) is 14.5. The van der Waals surface area contributed by atoms with E-state index in [4.69, 9.17) is 18.9 Å². The van der Waals surface area contributed by atoms with Crippen molar-refractivity contribution in [3.8, 4) is 5.75 Å². The van der Waals surface area contributed by atoms with E-state index in [1.807, 2.05) is 30.3 Å². The first-order valence-corrected chi connectivity index (χ1v) is 18.5. The second-order valence-electron chi connectivity index (χ2n) is 13.9. The van der Waals surface area contributed by atoms with Gasteiger partial charge in [0.2, 0.25) is 11.8 Å². The number of hydrogen-bond donors (Lipinski definition) is 2. The molecule has 0 radical (unpaired) electrons. The summed E-state index contributed by atoms with van der Waals surface area (Å²) in [4.78, 5) is 60.1. The van der Waals surface area contributed by atoms with E-state index < -0.39 is 47.7 Å². The van der Waals surface area contributed by atoms with Crippen LogP contribution in [-0.4, -0.2) is 98.0 Å². The van der Waals surface area contributed by atoms with Crippen LogP contribution in [0.25, 0.3) is 0 Å². The van der Waals surface area contributed by atoms with Gasteiger partial charge in [0.05, 0.1) is 37.7 Å². The van der Waals surface area contributed by atoms with E-state index in [1.54, 1.807) is 53.3 Å². The number of hydrogen-bond acceptors (Lipinski definition) is 9. The van der Waals surface area contributed by atoms with Crippen LogP contribution in [0.5, 0.6) is 5.75 Å². The average Bonchev–Trinajstić information content (AvgIpc) is 3.82. The smallest absolute Gasteiger partial charge is 0.313 e. The highest BCUT2D eigenvalue weighted by Gasteiger charge is 2.75. The molecule has 12 heteroatoms. The van der Waals surface area contributed by atoms with Crippen molar-refractivity contribution >= 4 is 29.4 Å². The van der Waals surface area contributed by atoms with E-state index >= 15 is 0 Å². The molecule has 2 aromatic carbocycles. The van der Waals surface area contributed by atoms with E-state index in [2.05, 4.69) is 18.5 Å². The number of nitrogens with one attached hydrogen (secondary N) is 1. The minimum absolute atomic E-state index is 0.0642. The summed E-state index contributed by atoms with van der Waals surface area (Å²) < 4.78 is 23.9. The largest absolute Gasteiger partial charge is 0.497 e. The number of aliphatic hydroxyl groups is 1. The Morgan fingerprint density at radius 3 is 2.45 bits per heavy atom. The predicted octanol–water partition coefficient (Wildman–Crippen LogP) is 4.52. The maximum Gasteiger partial charge on any atom is 0.313 e. The Balaban J connectivity index is 1.48. The Kier molecular flexibility index (Phi) is 13.8. The van der Waals surface area contributed by atoms with Gasteiger partial charge in [-0.3, -0.25) is 19.2 Å². The van der Waals surface area contributed by atoms with Gasteiger partial charge in [-0.05, 0) is 61.9 Å². The molecule has 3 heterocycles. The Labute approximate surface area is 312 Å². The second kappa shape index (κ2) is 18.5. The van der Waals surface area contributed by atoms with Gasteiger partial charge in [-0.25, -0.2) is 0 Å². The number of unbranched alkanes of at least 4 members (excludes halogenated alkanes) is 3. The lowest BCUT2D eigenvalue weighted by atomic mass is 9.70. The van der Waals surface area contributed by atoms with Crippen LogP contribution in [0.3, 0.4) is 0 Å². The summed E-state index contributed by atoms with van der Waals surface area (Å²) in [5.74, 6) is -2.78. The van der Waals surface area contributed by atoms with Gasteiger partial charge < -0.3 is 39.2 Å². The van der Waals surface area contributed by atoms with Crippen molar-refractivity contribution in [2.24, 2.45) is 11.8 Å². The zero-order valence-corrected chi connectivity index (χ0v) is 30.8. The van der Waals surface area contributed by atoms with Gasteiger partial charge in [-0.2, -0.15) is 0 Å². The molecule has 0 saturated carbocycles. The lowest BCUT2D eigenvalue weighted by molar-refractivity contribution is -0.163. The molecule has 3 amide bonds. The van der Waals surface area contributed by atoms with Crippen LogP contribution < -0.4 is 15.0 Å². The highest BCUT2D eigenvalue weighted by molar-refractivity contribution is 6.04. The SMILES string of the molecule is C=CCCC(=O)N[C@H](COC)[C@H](OC(=O)[C@@H]1[C@@H]2CC[C@]3(O2)[C@H](C(=O)N(CC=C)c2ccc(OC)cc2)N(CCCCCCO)C(=O)[C@@H]13)c1ccccc1. The number of benzene rings is 2. The third-order valence-electron chi connectivity index (χ3n) is 10.6. The second-order valence-corrected chi connectivity index (χ2v) is 13.9. The number of aliphatic hydroxyl groups excluding tert-OH is 1. The number of amides is 3. The van der Waals surface area contributed by atoms with E-state index in [1.165, 1.54) is 7.11 Å². The summed E-state index contributed by atoms with van der Waals surface area (Å²) in [6.45, 7) is 8.21. The summed E-state index contributed by atoms with van der Waals surface area (Å²) in [5, 5.41) is 12.3. The van der Waals surface area contributed by atoms with Gasteiger partial charge in [-0.15, -0.1) is 13.2 Å². The minimum Gasteiger partial charge on any atom is -0.497 e. The van der Waals surface area contributed by atoms with Crippen LogP contribution in [0.4, 0.5) is 5.69 Å². The van der Waals surface area contributed by atoms with Gasteiger partial charge >= 0.3 is 5.97 Å². The topological polar surface area (TPSA) is 144 Å². The van der Waals surface area contributed by atoms with Gasteiger partial charge in [-0.1, -0.05) is 55.3 Å². The van der Waals surface area contributed by atoms with Crippen LogP contribution in [-0.2, 0) is 33.4 Å². The zero-order valence-electron chi connectivity index (χ0n) is 30.8. The molecular weight excluding hydrogens is 678 g/mol. The Bertz CT molecular complexity index is 1580. The molecule has 0 aliphatic carbocycles. The number of esters is 1. The summed E-state index contributed by atoms with van der Waals surface area (Å²) >= 11 is 0. The Morgan fingerprint density at radius 2 is 1.79 bits per heavy atom. The van der Waals surface area contributed by atoms with E-state index in [9.17, 15) is 24.3 Å². The molecule has 2 aromatic rings. The van der Waals surface area contributed by atoms with Gasteiger partial charge in [0.25, 0.3) is 5.91 Å². The maximum absolute atomic E-state index is 14.8. The number of rotatable bonds is 21. The van der Waals surface area contributed by atoms with Crippen LogP contribution in [0.15, 0.2) is 79.9 Å². The van der Waals surface area contributed by atoms with E-state index in [0.29, 0.717) is 55.6 Å². The van der Waals surface area contributed by atoms with Crippen molar-refractivity contribution in [3.63, 3.8) is 0 Å². The molecule has 3 aliphatic heterocycles. The van der Waals surface area contributed by atoms with Crippen molar-refractivity contribution in [2.75, 3.05) is 45.4 Å². The first kappa shape index (κ1) is 39.7. The normalized spacial score (nSPS) is 23.9. The molecule has 12 nitrogen and oxygen atoms in total. The average molecular weight is 732 g/mol. The highest BCUT2D eigenvalue weighted by Crippen LogP contribution is 2.59. The molecule has 2 bridgehead atoms. The molecule has 5 rings (SSSR count). The van der Waals surface area contributed by atoms with Crippen molar-refractivity contribution in [1.82, 2.24) is 10.2 Å². The lowest BCUT2D eigenvalue weighted by Crippen LogP contribution is -2.56. The third kappa shape index (κ3) is 8.50. The third-order valence-corrected chi connectivity index (χ3v) is 10.6. The van der Waals surface area contributed by atoms with Gasteiger partial charge in [0.15, 0.2) is 0 Å². The monoisotopic (exact) mass is 731 g/mol. The molecule has 2 N–H and O–H groups in total. The Morgan fingerprint density at radius 1 is 1.06 bits per heavy atom. The number of nitrogens with zero attached hydrogens (tertiary/aromatic N) is 2. The van der Waals surface area contributed by atoms with Crippen LogP contribution >= 0.6 is 0 Å². The quantitative estimate of drug-likeness (QED) is 0.108. The number of allylic oxidation sites excluding steroid dienone is 1. The van der Waals surface area contributed by atoms with Crippen molar-refractivity contribution < 1.29 is 43.2 Å². The summed E-state index contributed by atoms with van der Waals surface area (Å²) in [5.41, 5.74) is 0.0204. The molecular formula is C41H53N3O9.